The lowest BCUT2D eigenvalue weighted by Crippen LogP contribution is -2.28. The predicted molar refractivity (Wildman–Crippen MR) is 72.9 cm³/mol. The summed E-state index contributed by atoms with van der Waals surface area (Å²) in [4.78, 5) is 11.3. The summed E-state index contributed by atoms with van der Waals surface area (Å²) in [7, 11) is -5.79. The minimum Gasteiger partial charge on any atom is -0.375 e. The summed E-state index contributed by atoms with van der Waals surface area (Å²) in [6.07, 6.45) is 0. The molecular weight excluding hydrogens is 309 g/mol. The summed E-state index contributed by atoms with van der Waals surface area (Å²) in [6.45, 7) is 8.31. The van der Waals surface area contributed by atoms with Gasteiger partial charge >= 0.3 is 15.6 Å². The molecule has 0 aliphatic heterocycles. The first-order valence-electron chi connectivity index (χ1n) is 6.08. The Morgan fingerprint density at radius 1 is 1.10 bits per heavy atom. The molecule has 0 aromatic heterocycles. The number of carbonyl (C=O) groups is 1. The van der Waals surface area contributed by atoms with Gasteiger partial charge in [0.2, 0.25) is 0 Å². The number of rotatable bonds is 3. The number of aryl methyl sites for hydroxylation is 2. The number of Topliss-reactive ketones (excluding diaryl/α,β-unsaturated/α-hetero) is 1. The molecule has 0 N–H and O–H groups in total. The van der Waals surface area contributed by atoms with Gasteiger partial charge in [0.15, 0.2) is 11.5 Å². The van der Waals surface area contributed by atoms with Crippen LogP contribution in [0.15, 0.2) is 12.1 Å². The van der Waals surface area contributed by atoms with Crippen molar-refractivity contribution >= 4 is 15.9 Å². The summed E-state index contributed by atoms with van der Waals surface area (Å²) < 4.78 is 62.6. The maximum absolute atomic E-state index is 12.2. The molecular formula is C13H17F3O4S. The maximum Gasteiger partial charge on any atom is 0.534 e. The zero-order valence-corrected chi connectivity index (χ0v) is 13.1. The first-order valence-corrected chi connectivity index (χ1v) is 7.49. The molecule has 8 heteroatoms. The number of halogens is 3. The molecule has 0 unspecified atom stereocenters. The number of carbonyl (C=O) groups excluding carboxylic acids is 1. The van der Waals surface area contributed by atoms with Gasteiger partial charge in [0.05, 0.1) is 5.56 Å². The first-order chi connectivity index (χ1) is 9.45. The van der Waals surface area contributed by atoms with Gasteiger partial charge in [-0.1, -0.05) is 13.8 Å². The Morgan fingerprint density at radius 2 is 1.52 bits per heavy atom. The predicted octanol–water partition coefficient (Wildman–Crippen LogP) is 3.76. The van der Waals surface area contributed by atoms with Gasteiger partial charge in [-0.05, 0) is 44.0 Å². The molecule has 1 aromatic rings. The number of ketones is 1. The monoisotopic (exact) mass is 326 g/mol. The molecule has 0 bridgehead atoms. The van der Waals surface area contributed by atoms with Crippen LogP contribution in [0, 0.1) is 13.8 Å². The molecule has 0 aliphatic carbocycles. The maximum atomic E-state index is 12.2. The summed E-state index contributed by atoms with van der Waals surface area (Å²) in [5, 5.41) is 0. The SMILES string of the molecule is CC.CC(=O)c1cc(C)c(C)cc1OS(=O)(=O)C(F)(F)F. The van der Waals surface area contributed by atoms with E-state index >= 15 is 0 Å². The number of alkyl halides is 3. The highest BCUT2D eigenvalue weighted by Crippen LogP contribution is 2.30. The lowest BCUT2D eigenvalue weighted by molar-refractivity contribution is -0.0500. The molecule has 21 heavy (non-hydrogen) atoms. The summed E-state index contributed by atoms with van der Waals surface area (Å²) >= 11 is 0. The van der Waals surface area contributed by atoms with Crippen molar-refractivity contribution in [1.29, 1.82) is 0 Å². The van der Waals surface area contributed by atoms with E-state index in [9.17, 15) is 26.4 Å². The molecule has 0 aliphatic rings. The molecule has 0 saturated heterocycles. The fourth-order valence-corrected chi connectivity index (χ4v) is 1.77. The highest BCUT2D eigenvalue weighted by Gasteiger charge is 2.48. The third kappa shape index (κ3) is 4.73. The van der Waals surface area contributed by atoms with Crippen LogP contribution in [0.1, 0.15) is 42.3 Å². The van der Waals surface area contributed by atoms with E-state index in [1.54, 1.807) is 13.8 Å². The molecule has 0 atom stereocenters. The first kappa shape index (κ1) is 19.4. The standard InChI is InChI=1S/C11H11F3O4S.C2H6/c1-6-4-9(8(3)15)10(5-7(6)2)18-19(16,17)11(12,13)14;1-2/h4-5H,1-3H3;1-2H3. The van der Waals surface area contributed by atoms with E-state index in [4.69, 9.17) is 0 Å². The third-order valence-electron chi connectivity index (χ3n) is 2.46. The Hall–Kier alpha value is -1.57. The van der Waals surface area contributed by atoms with Crippen LogP contribution in [0.5, 0.6) is 5.75 Å². The topological polar surface area (TPSA) is 60.4 Å². The second-order valence-electron chi connectivity index (χ2n) is 3.97. The van der Waals surface area contributed by atoms with Crippen LogP contribution in [-0.2, 0) is 10.1 Å². The quantitative estimate of drug-likeness (QED) is 0.482. The average molecular weight is 326 g/mol. The second-order valence-corrected chi connectivity index (χ2v) is 5.51. The molecule has 0 spiro atoms. The lowest BCUT2D eigenvalue weighted by Gasteiger charge is -2.13. The Kier molecular flexibility index (Phi) is 6.41. The van der Waals surface area contributed by atoms with Gasteiger partial charge in [0.1, 0.15) is 0 Å². The largest absolute Gasteiger partial charge is 0.534 e. The van der Waals surface area contributed by atoms with E-state index in [0.717, 1.165) is 13.0 Å². The number of hydrogen-bond acceptors (Lipinski definition) is 4. The Morgan fingerprint density at radius 3 is 1.90 bits per heavy atom. The van der Waals surface area contributed by atoms with E-state index in [-0.39, 0.29) is 5.56 Å². The van der Waals surface area contributed by atoms with Crippen LogP contribution < -0.4 is 4.18 Å². The van der Waals surface area contributed by atoms with Crippen molar-refractivity contribution in [2.24, 2.45) is 0 Å². The van der Waals surface area contributed by atoms with E-state index in [1.807, 2.05) is 13.8 Å². The van der Waals surface area contributed by atoms with Crippen LogP contribution >= 0.6 is 0 Å². The average Bonchev–Trinajstić information content (AvgIpc) is 2.34. The lowest BCUT2D eigenvalue weighted by atomic mass is 10.0. The van der Waals surface area contributed by atoms with Gasteiger partial charge < -0.3 is 4.18 Å². The van der Waals surface area contributed by atoms with Crippen molar-refractivity contribution in [3.8, 4) is 5.75 Å². The van der Waals surface area contributed by atoms with Crippen LogP contribution in [0.3, 0.4) is 0 Å². The Balaban J connectivity index is 0.00000191. The van der Waals surface area contributed by atoms with Crippen molar-refractivity contribution < 1.29 is 30.6 Å². The molecule has 0 amide bonds. The molecule has 4 nitrogen and oxygen atoms in total. The van der Waals surface area contributed by atoms with Crippen LogP contribution in [0.25, 0.3) is 0 Å². The van der Waals surface area contributed by atoms with Crippen LogP contribution in [0.4, 0.5) is 13.2 Å². The summed E-state index contributed by atoms with van der Waals surface area (Å²) in [5.74, 6) is -1.21. The third-order valence-corrected chi connectivity index (χ3v) is 3.42. The van der Waals surface area contributed by atoms with Crippen molar-refractivity contribution in [1.82, 2.24) is 0 Å². The van der Waals surface area contributed by atoms with Crippen LogP contribution in [0.2, 0.25) is 0 Å². The van der Waals surface area contributed by atoms with Gasteiger partial charge in [-0.2, -0.15) is 21.6 Å². The molecule has 0 fully saturated rings. The highest BCUT2D eigenvalue weighted by atomic mass is 32.2. The molecule has 0 saturated carbocycles. The minimum atomic E-state index is -5.79. The van der Waals surface area contributed by atoms with E-state index in [0.29, 0.717) is 11.1 Å². The van der Waals surface area contributed by atoms with E-state index in [2.05, 4.69) is 4.18 Å². The fourth-order valence-electron chi connectivity index (χ4n) is 1.30. The van der Waals surface area contributed by atoms with Gasteiger partial charge in [0, 0.05) is 0 Å². The van der Waals surface area contributed by atoms with Crippen LogP contribution in [-0.4, -0.2) is 19.7 Å². The minimum absolute atomic E-state index is 0.212. The molecule has 0 heterocycles. The molecule has 1 rings (SSSR count). The van der Waals surface area contributed by atoms with Crippen molar-refractivity contribution in [3.05, 3.63) is 28.8 Å². The summed E-state index contributed by atoms with van der Waals surface area (Å²) in [6, 6.07) is 2.38. The van der Waals surface area contributed by atoms with Crippen molar-refractivity contribution in [2.75, 3.05) is 0 Å². The summed E-state index contributed by atoms with van der Waals surface area (Å²) in [5.41, 5.74) is -4.60. The van der Waals surface area contributed by atoms with Gasteiger partial charge in [-0.25, -0.2) is 0 Å². The highest BCUT2D eigenvalue weighted by molar-refractivity contribution is 7.88. The number of benzene rings is 1. The Bertz CT molecular complexity index is 619. The van der Waals surface area contributed by atoms with Gasteiger partial charge in [0.25, 0.3) is 0 Å². The molecule has 0 radical (unpaired) electrons. The van der Waals surface area contributed by atoms with Gasteiger partial charge in [-0.15, -0.1) is 0 Å². The fraction of sp³-hybridized carbons (Fsp3) is 0.462. The van der Waals surface area contributed by atoms with Crippen molar-refractivity contribution in [3.63, 3.8) is 0 Å². The van der Waals surface area contributed by atoms with Gasteiger partial charge in [-0.3, -0.25) is 4.79 Å². The second kappa shape index (κ2) is 6.93. The Labute approximate surface area is 122 Å². The van der Waals surface area contributed by atoms with Crippen molar-refractivity contribution in [2.45, 2.75) is 40.1 Å². The van der Waals surface area contributed by atoms with E-state index in [1.165, 1.54) is 6.07 Å². The zero-order valence-electron chi connectivity index (χ0n) is 12.3. The molecule has 1 aromatic carbocycles. The normalized spacial score (nSPS) is 11.4. The number of hydrogen-bond donors (Lipinski definition) is 0. The molecule has 120 valence electrons. The van der Waals surface area contributed by atoms with E-state index < -0.39 is 27.2 Å². The smallest absolute Gasteiger partial charge is 0.375 e. The zero-order chi connectivity index (χ0) is 17.0.